The van der Waals surface area contributed by atoms with Crippen molar-refractivity contribution >= 4 is 21.6 Å². The number of sulfonamides is 1. The molecule has 1 aliphatic rings. The average molecular weight is 498 g/mol. The smallest absolute Gasteiger partial charge is 0.247 e. The lowest BCUT2D eigenvalue weighted by atomic mass is 10.0. The Morgan fingerprint density at radius 3 is 2.41 bits per heavy atom. The summed E-state index contributed by atoms with van der Waals surface area (Å²) in [6.07, 6.45) is 1.26. The largest absolute Gasteiger partial charge is 0.419 e. The monoisotopic (exact) mass is 497 g/mol. The van der Waals surface area contributed by atoms with Gasteiger partial charge >= 0.3 is 0 Å². The lowest BCUT2D eigenvalue weighted by Crippen LogP contribution is -2.32. The molecule has 0 saturated carbocycles. The highest BCUT2D eigenvalue weighted by Gasteiger charge is 2.38. The third kappa shape index (κ3) is 4.61. The Balaban J connectivity index is 1.35. The van der Waals surface area contributed by atoms with Gasteiger partial charge in [0.1, 0.15) is 11.9 Å². The van der Waals surface area contributed by atoms with Crippen LogP contribution in [0.4, 0.5) is 4.39 Å². The molecular weight excluding hydrogens is 477 g/mol. The predicted octanol–water partition coefficient (Wildman–Crippen LogP) is 5.86. The van der Waals surface area contributed by atoms with Gasteiger partial charge in [-0.3, -0.25) is 0 Å². The van der Waals surface area contributed by atoms with Crippen LogP contribution in [0.15, 0.2) is 77.2 Å². The summed E-state index contributed by atoms with van der Waals surface area (Å²) < 4.78 is 47.0. The number of hydrogen-bond acceptors (Lipinski definition) is 5. The van der Waals surface area contributed by atoms with Crippen molar-refractivity contribution in [1.29, 1.82) is 0 Å². The van der Waals surface area contributed by atoms with E-state index in [1.165, 1.54) is 22.5 Å². The van der Waals surface area contributed by atoms with E-state index in [4.69, 9.17) is 16.0 Å². The van der Waals surface area contributed by atoms with Gasteiger partial charge < -0.3 is 4.42 Å². The molecule has 0 aliphatic carbocycles. The van der Waals surface area contributed by atoms with Gasteiger partial charge in [-0.15, -0.1) is 10.2 Å². The third-order valence-electron chi connectivity index (χ3n) is 5.86. The van der Waals surface area contributed by atoms with Gasteiger partial charge in [0.05, 0.1) is 10.8 Å². The minimum absolute atomic E-state index is 0.106. The lowest BCUT2D eigenvalue weighted by Gasteiger charge is -2.21. The fourth-order valence-electron chi connectivity index (χ4n) is 4.16. The molecule has 6 nitrogen and oxygen atoms in total. The van der Waals surface area contributed by atoms with E-state index in [9.17, 15) is 12.8 Å². The van der Waals surface area contributed by atoms with Gasteiger partial charge in [0.2, 0.25) is 21.8 Å². The number of halogens is 2. The van der Waals surface area contributed by atoms with E-state index in [1.807, 2.05) is 54.6 Å². The zero-order valence-corrected chi connectivity index (χ0v) is 19.6. The van der Waals surface area contributed by atoms with Gasteiger partial charge in [0.25, 0.3) is 0 Å². The van der Waals surface area contributed by atoms with Crippen LogP contribution in [-0.4, -0.2) is 29.5 Å². The molecule has 1 unspecified atom stereocenters. The second-order valence-electron chi connectivity index (χ2n) is 8.16. The molecule has 0 spiro atoms. The van der Waals surface area contributed by atoms with E-state index in [0.717, 1.165) is 16.7 Å². The van der Waals surface area contributed by atoms with E-state index in [2.05, 4.69) is 10.2 Å². The summed E-state index contributed by atoms with van der Waals surface area (Å²) in [5, 5.41) is 8.21. The molecule has 4 aromatic rings. The number of nitrogens with zero attached hydrogens (tertiary/aromatic N) is 3. The molecule has 0 amide bonds. The Hall–Kier alpha value is -3.07. The van der Waals surface area contributed by atoms with Crippen LogP contribution >= 0.6 is 11.6 Å². The van der Waals surface area contributed by atoms with E-state index >= 15 is 0 Å². The van der Waals surface area contributed by atoms with Gasteiger partial charge in [-0.05, 0) is 53.8 Å². The quantitative estimate of drug-likeness (QED) is 0.333. The van der Waals surface area contributed by atoms with Gasteiger partial charge in [-0.25, -0.2) is 12.8 Å². The summed E-state index contributed by atoms with van der Waals surface area (Å²) in [5.41, 5.74) is 3.35. The highest BCUT2D eigenvalue weighted by Crippen LogP contribution is 2.36. The summed E-state index contributed by atoms with van der Waals surface area (Å²) >= 11 is 5.82. The number of benzene rings is 3. The molecule has 0 bridgehead atoms. The molecule has 1 fully saturated rings. The fraction of sp³-hybridized carbons (Fsp3) is 0.200. The molecule has 0 N–H and O–H groups in total. The molecule has 3 aromatic carbocycles. The standard InChI is InChI=1S/C25H21ClFN3O3S/c26-21-15-17(8-13-22(21)27)16-34(31,32)30-14-4-7-23(30)25-29-28-24(33-25)20-11-9-19(10-12-20)18-5-2-1-3-6-18/h1-3,5-6,8-13,15,23H,4,7,14,16H2. The lowest BCUT2D eigenvalue weighted by molar-refractivity contribution is 0.332. The fourth-order valence-corrected chi connectivity index (χ4v) is 6.12. The Morgan fingerprint density at radius 1 is 0.971 bits per heavy atom. The molecule has 1 aromatic heterocycles. The van der Waals surface area contributed by atoms with Gasteiger partial charge in [0, 0.05) is 12.1 Å². The number of aromatic nitrogens is 2. The van der Waals surface area contributed by atoms with Crippen molar-refractivity contribution in [2.24, 2.45) is 0 Å². The van der Waals surface area contributed by atoms with Crippen molar-refractivity contribution < 1.29 is 17.2 Å². The van der Waals surface area contributed by atoms with E-state index in [-0.39, 0.29) is 16.7 Å². The molecule has 174 valence electrons. The first-order chi connectivity index (χ1) is 16.4. The van der Waals surface area contributed by atoms with Crippen molar-refractivity contribution in [2.45, 2.75) is 24.6 Å². The first-order valence-corrected chi connectivity index (χ1v) is 12.8. The Labute approximate surface area is 202 Å². The van der Waals surface area contributed by atoms with E-state index < -0.39 is 21.9 Å². The summed E-state index contributed by atoms with van der Waals surface area (Å²) in [7, 11) is -3.71. The summed E-state index contributed by atoms with van der Waals surface area (Å²) in [6, 6.07) is 21.2. The first kappa shape index (κ1) is 22.7. The predicted molar refractivity (Wildman–Crippen MR) is 128 cm³/mol. The van der Waals surface area contributed by atoms with Crippen LogP contribution in [0.5, 0.6) is 0 Å². The molecule has 5 rings (SSSR count). The van der Waals surface area contributed by atoms with Crippen LogP contribution in [0.25, 0.3) is 22.6 Å². The maximum Gasteiger partial charge on any atom is 0.247 e. The molecule has 2 heterocycles. The van der Waals surface area contributed by atoms with Crippen LogP contribution in [-0.2, 0) is 15.8 Å². The molecule has 9 heteroatoms. The van der Waals surface area contributed by atoms with Crippen molar-refractivity contribution in [3.63, 3.8) is 0 Å². The van der Waals surface area contributed by atoms with Crippen LogP contribution in [0.1, 0.15) is 30.3 Å². The minimum Gasteiger partial charge on any atom is -0.419 e. The number of hydrogen-bond donors (Lipinski definition) is 0. The Bertz CT molecular complexity index is 1410. The minimum atomic E-state index is -3.71. The molecule has 34 heavy (non-hydrogen) atoms. The van der Waals surface area contributed by atoms with Crippen molar-refractivity contribution in [3.05, 3.63) is 95.1 Å². The molecule has 1 atom stereocenters. The molecular formula is C25H21ClFN3O3S. The molecule has 1 saturated heterocycles. The summed E-state index contributed by atoms with van der Waals surface area (Å²) in [4.78, 5) is 0. The second kappa shape index (κ2) is 9.29. The zero-order valence-electron chi connectivity index (χ0n) is 18.1. The van der Waals surface area contributed by atoms with Gasteiger partial charge in [-0.2, -0.15) is 4.31 Å². The topological polar surface area (TPSA) is 76.3 Å². The molecule has 1 aliphatic heterocycles. The van der Waals surface area contributed by atoms with Gasteiger partial charge in [-0.1, -0.05) is 60.1 Å². The Kier molecular flexibility index (Phi) is 6.20. The molecule has 0 radical (unpaired) electrons. The number of rotatable bonds is 6. The van der Waals surface area contributed by atoms with Crippen LogP contribution < -0.4 is 0 Å². The highest BCUT2D eigenvalue weighted by atomic mass is 35.5. The maximum absolute atomic E-state index is 13.4. The summed E-state index contributed by atoms with van der Waals surface area (Å²) in [5.74, 6) is -0.271. The third-order valence-corrected chi connectivity index (χ3v) is 8.00. The van der Waals surface area contributed by atoms with Crippen LogP contribution in [0.2, 0.25) is 5.02 Å². The first-order valence-electron chi connectivity index (χ1n) is 10.8. The zero-order chi connectivity index (χ0) is 23.7. The average Bonchev–Trinajstić information content (AvgIpc) is 3.52. The van der Waals surface area contributed by atoms with Crippen LogP contribution in [0, 0.1) is 5.82 Å². The van der Waals surface area contributed by atoms with Crippen molar-refractivity contribution in [2.75, 3.05) is 6.54 Å². The second-order valence-corrected chi connectivity index (χ2v) is 10.5. The van der Waals surface area contributed by atoms with E-state index in [1.54, 1.807) is 0 Å². The summed E-state index contributed by atoms with van der Waals surface area (Å²) in [6.45, 7) is 0.353. The van der Waals surface area contributed by atoms with Gasteiger partial charge in [0.15, 0.2) is 0 Å². The van der Waals surface area contributed by atoms with Crippen LogP contribution in [0.3, 0.4) is 0 Å². The Morgan fingerprint density at radius 2 is 1.68 bits per heavy atom. The van der Waals surface area contributed by atoms with E-state index in [0.29, 0.717) is 30.8 Å². The van der Waals surface area contributed by atoms with Crippen molar-refractivity contribution in [3.8, 4) is 22.6 Å². The highest BCUT2D eigenvalue weighted by molar-refractivity contribution is 7.88. The maximum atomic E-state index is 13.4. The SMILES string of the molecule is O=S(=O)(Cc1ccc(F)c(Cl)c1)N1CCCC1c1nnc(-c2ccc(-c3ccccc3)cc2)o1. The normalized spacial score (nSPS) is 16.7. The van der Waals surface area contributed by atoms with Crippen molar-refractivity contribution in [1.82, 2.24) is 14.5 Å².